The standard InChI is InChI=1S/C18H18BrN3O2S/c1-12(2)21-18-22(15(11-25-18)17-5-4-8-24-17)20-10-13-9-14(19)6-7-16(13)23-3/h4-12H,1-3H3. The summed E-state index contributed by atoms with van der Waals surface area (Å²) in [6.07, 6.45) is 3.42. The average Bonchev–Trinajstić information content (AvgIpc) is 3.22. The van der Waals surface area contributed by atoms with Crippen LogP contribution in [0.3, 0.4) is 0 Å². The van der Waals surface area contributed by atoms with E-state index in [4.69, 9.17) is 9.15 Å². The zero-order valence-corrected chi connectivity index (χ0v) is 16.5. The van der Waals surface area contributed by atoms with Crippen LogP contribution in [0.2, 0.25) is 0 Å². The van der Waals surface area contributed by atoms with Gasteiger partial charge in [-0.2, -0.15) is 5.10 Å². The van der Waals surface area contributed by atoms with Crippen LogP contribution in [0.5, 0.6) is 5.75 Å². The molecular formula is C18H18BrN3O2S. The van der Waals surface area contributed by atoms with Crippen molar-refractivity contribution >= 4 is 33.5 Å². The molecule has 7 heteroatoms. The molecule has 3 rings (SSSR count). The summed E-state index contributed by atoms with van der Waals surface area (Å²) in [4.78, 5) is 5.46. The second kappa shape index (κ2) is 7.84. The number of hydrogen-bond donors (Lipinski definition) is 0. The summed E-state index contributed by atoms with van der Waals surface area (Å²) in [5.74, 6) is 1.50. The molecule has 0 aliphatic rings. The Bertz CT molecular complexity index is 940. The van der Waals surface area contributed by atoms with Gasteiger partial charge >= 0.3 is 0 Å². The number of aromatic nitrogens is 1. The Morgan fingerprint density at radius 2 is 2.16 bits per heavy atom. The van der Waals surface area contributed by atoms with Gasteiger partial charge in [0.15, 0.2) is 5.76 Å². The van der Waals surface area contributed by atoms with Crippen molar-refractivity contribution in [3.8, 4) is 17.2 Å². The molecule has 5 nitrogen and oxygen atoms in total. The number of halogens is 1. The number of ether oxygens (including phenoxy) is 1. The van der Waals surface area contributed by atoms with Crippen LogP contribution in [0.1, 0.15) is 19.4 Å². The van der Waals surface area contributed by atoms with Gasteiger partial charge in [-0.1, -0.05) is 15.9 Å². The van der Waals surface area contributed by atoms with E-state index in [1.807, 2.05) is 49.6 Å². The third-order valence-electron chi connectivity index (χ3n) is 3.33. The third-order valence-corrected chi connectivity index (χ3v) is 4.66. The topological polar surface area (TPSA) is 52.0 Å². The van der Waals surface area contributed by atoms with E-state index in [0.29, 0.717) is 0 Å². The Kier molecular flexibility index (Phi) is 5.55. The van der Waals surface area contributed by atoms with Crippen LogP contribution in [0.15, 0.2) is 61.0 Å². The van der Waals surface area contributed by atoms with Crippen LogP contribution < -0.4 is 9.54 Å². The second-order valence-corrected chi connectivity index (χ2v) is 7.30. The van der Waals surface area contributed by atoms with Crippen LogP contribution in [0.25, 0.3) is 11.5 Å². The number of furan rings is 1. The van der Waals surface area contributed by atoms with E-state index >= 15 is 0 Å². The van der Waals surface area contributed by atoms with Crippen LogP contribution in [-0.4, -0.2) is 24.0 Å². The number of thiazole rings is 1. The van der Waals surface area contributed by atoms with Gasteiger partial charge < -0.3 is 9.15 Å². The molecule has 0 amide bonds. The summed E-state index contributed by atoms with van der Waals surface area (Å²) >= 11 is 5.01. The molecule has 3 aromatic rings. The highest BCUT2D eigenvalue weighted by Gasteiger charge is 2.10. The lowest BCUT2D eigenvalue weighted by Crippen LogP contribution is -2.14. The summed E-state index contributed by atoms with van der Waals surface area (Å²) < 4.78 is 13.7. The summed E-state index contributed by atoms with van der Waals surface area (Å²) in [6, 6.07) is 9.73. The lowest BCUT2D eigenvalue weighted by atomic mass is 10.2. The predicted octanol–water partition coefficient (Wildman–Crippen LogP) is 4.77. The quantitative estimate of drug-likeness (QED) is 0.559. The van der Waals surface area contributed by atoms with E-state index in [1.54, 1.807) is 24.3 Å². The van der Waals surface area contributed by atoms with Crippen LogP contribution in [-0.2, 0) is 0 Å². The van der Waals surface area contributed by atoms with Crippen molar-refractivity contribution < 1.29 is 9.15 Å². The van der Waals surface area contributed by atoms with Crippen molar-refractivity contribution in [2.24, 2.45) is 10.1 Å². The minimum absolute atomic E-state index is 0.171. The van der Waals surface area contributed by atoms with E-state index in [9.17, 15) is 0 Å². The minimum Gasteiger partial charge on any atom is -0.496 e. The lowest BCUT2D eigenvalue weighted by Gasteiger charge is -2.05. The van der Waals surface area contributed by atoms with Gasteiger partial charge in [0.1, 0.15) is 11.4 Å². The Morgan fingerprint density at radius 1 is 1.32 bits per heavy atom. The molecule has 0 atom stereocenters. The van der Waals surface area contributed by atoms with Gasteiger partial charge in [-0.15, -0.1) is 11.3 Å². The van der Waals surface area contributed by atoms with Gasteiger partial charge in [0.05, 0.1) is 19.6 Å². The van der Waals surface area contributed by atoms with Gasteiger partial charge in [0.2, 0.25) is 4.80 Å². The Labute approximate surface area is 158 Å². The van der Waals surface area contributed by atoms with Gasteiger partial charge in [0, 0.05) is 21.5 Å². The fraction of sp³-hybridized carbons (Fsp3) is 0.222. The zero-order chi connectivity index (χ0) is 17.8. The molecule has 0 bridgehead atoms. The third kappa shape index (κ3) is 4.11. The molecule has 0 aliphatic heterocycles. The first-order valence-electron chi connectivity index (χ1n) is 7.74. The van der Waals surface area contributed by atoms with Crippen molar-refractivity contribution in [3.63, 3.8) is 0 Å². The highest BCUT2D eigenvalue weighted by molar-refractivity contribution is 9.10. The number of nitrogens with zero attached hydrogens (tertiary/aromatic N) is 3. The molecule has 0 spiro atoms. The molecule has 25 heavy (non-hydrogen) atoms. The smallest absolute Gasteiger partial charge is 0.206 e. The van der Waals surface area contributed by atoms with Gasteiger partial charge in [-0.25, -0.2) is 4.68 Å². The van der Waals surface area contributed by atoms with Crippen molar-refractivity contribution in [2.45, 2.75) is 19.9 Å². The van der Waals surface area contributed by atoms with Gasteiger partial charge in [-0.3, -0.25) is 4.99 Å². The molecule has 0 fully saturated rings. The summed E-state index contributed by atoms with van der Waals surface area (Å²) in [6.45, 7) is 4.08. The summed E-state index contributed by atoms with van der Waals surface area (Å²) in [7, 11) is 1.64. The monoisotopic (exact) mass is 419 g/mol. The first-order valence-corrected chi connectivity index (χ1v) is 9.42. The normalized spacial score (nSPS) is 12.4. The molecule has 2 heterocycles. The molecule has 0 saturated heterocycles. The predicted molar refractivity (Wildman–Crippen MR) is 104 cm³/mol. The molecule has 0 N–H and O–H groups in total. The zero-order valence-electron chi connectivity index (χ0n) is 14.1. The molecular weight excluding hydrogens is 402 g/mol. The number of hydrogen-bond acceptors (Lipinski definition) is 5. The van der Waals surface area contributed by atoms with Gasteiger partial charge in [-0.05, 0) is 44.2 Å². The lowest BCUT2D eigenvalue weighted by molar-refractivity contribution is 0.414. The van der Waals surface area contributed by atoms with Crippen molar-refractivity contribution in [1.82, 2.24) is 4.68 Å². The fourth-order valence-electron chi connectivity index (χ4n) is 2.24. The number of rotatable bonds is 5. The van der Waals surface area contributed by atoms with E-state index in [2.05, 4.69) is 26.0 Å². The van der Waals surface area contributed by atoms with Crippen molar-refractivity contribution in [1.29, 1.82) is 0 Å². The van der Waals surface area contributed by atoms with Crippen molar-refractivity contribution in [2.75, 3.05) is 7.11 Å². The molecule has 1 aromatic carbocycles. The van der Waals surface area contributed by atoms with E-state index in [1.165, 1.54) is 11.3 Å². The minimum atomic E-state index is 0.171. The van der Waals surface area contributed by atoms with Crippen LogP contribution in [0.4, 0.5) is 0 Å². The van der Waals surface area contributed by atoms with Crippen molar-refractivity contribution in [3.05, 3.63) is 56.8 Å². The van der Waals surface area contributed by atoms with Gasteiger partial charge in [0.25, 0.3) is 0 Å². The average molecular weight is 420 g/mol. The van der Waals surface area contributed by atoms with Crippen LogP contribution >= 0.6 is 27.3 Å². The second-order valence-electron chi connectivity index (χ2n) is 5.55. The molecule has 0 saturated carbocycles. The highest BCUT2D eigenvalue weighted by atomic mass is 79.9. The van der Waals surface area contributed by atoms with E-state index in [-0.39, 0.29) is 6.04 Å². The number of methoxy groups -OCH3 is 1. The largest absolute Gasteiger partial charge is 0.496 e. The Balaban J connectivity index is 2.10. The maximum atomic E-state index is 5.53. The molecule has 130 valence electrons. The van der Waals surface area contributed by atoms with Crippen LogP contribution in [0, 0.1) is 0 Å². The molecule has 2 aromatic heterocycles. The summed E-state index contributed by atoms with van der Waals surface area (Å²) in [5.41, 5.74) is 1.73. The fourth-order valence-corrected chi connectivity index (χ4v) is 3.57. The maximum absolute atomic E-state index is 5.53. The molecule has 0 aliphatic carbocycles. The Morgan fingerprint density at radius 3 is 2.84 bits per heavy atom. The SMILES string of the molecule is COc1ccc(Br)cc1C=Nn1c(-c2ccco2)csc1=NC(C)C. The molecule has 0 radical (unpaired) electrons. The van der Waals surface area contributed by atoms with E-state index in [0.717, 1.165) is 32.0 Å². The first kappa shape index (κ1) is 17.7. The Hall–Kier alpha value is -2.12. The highest BCUT2D eigenvalue weighted by Crippen LogP contribution is 2.23. The number of benzene rings is 1. The van der Waals surface area contributed by atoms with E-state index < -0.39 is 0 Å². The summed E-state index contributed by atoms with van der Waals surface area (Å²) in [5, 5.41) is 6.64. The first-order chi connectivity index (χ1) is 12.1. The molecule has 0 unspecified atom stereocenters. The maximum Gasteiger partial charge on any atom is 0.206 e.